The first kappa shape index (κ1) is 5.35. The molecule has 1 N–H and O–H groups in total. The Morgan fingerprint density at radius 2 is 2.38 bits per heavy atom. The molecule has 0 amide bonds. The summed E-state index contributed by atoms with van der Waals surface area (Å²) in [6, 6.07) is 0. The standard InChI is InChI=1S/C6H6FO/c7-5-2-1-3-6(8)4-5/h1-3,8H,4H2. The first-order valence-electron chi connectivity index (χ1n) is 2.36. The predicted molar refractivity (Wildman–Crippen MR) is 28.8 cm³/mol. The molecule has 0 aromatic carbocycles. The van der Waals surface area contributed by atoms with Crippen LogP contribution < -0.4 is 0 Å². The Bertz CT molecular complexity index is 137. The summed E-state index contributed by atoms with van der Waals surface area (Å²) in [5.74, 6) is 0.0880. The quantitative estimate of drug-likeness (QED) is 0.508. The maximum absolute atomic E-state index is 12.1. The summed E-state index contributed by atoms with van der Waals surface area (Å²) in [6.07, 6.45) is 4.05. The maximum atomic E-state index is 12.1. The minimum Gasteiger partial charge on any atom is -0.512 e. The lowest BCUT2D eigenvalue weighted by atomic mass is 10.1. The van der Waals surface area contributed by atoms with Gasteiger partial charge in [0.15, 0.2) is 6.17 Å². The molecule has 43 valence electrons. The van der Waals surface area contributed by atoms with Crippen LogP contribution in [-0.2, 0) is 0 Å². The highest BCUT2D eigenvalue weighted by molar-refractivity contribution is 5.22. The Morgan fingerprint density at radius 3 is 2.75 bits per heavy atom. The fourth-order valence-electron chi connectivity index (χ4n) is 0.554. The minimum atomic E-state index is -0.287. The topological polar surface area (TPSA) is 20.2 Å². The second-order valence-electron chi connectivity index (χ2n) is 1.64. The summed E-state index contributed by atoms with van der Waals surface area (Å²) in [7, 11) is 0. The fourth-order valence-corrected chi connectivity index (χ4v) is 0.554. The largest absolute Gasteiger partial charge is 0.512 e. The van der Waals surface area contributed by atoms with Gasteiger partial charge < -0.3 is 5.11 Å². The normalized spacial score (nSPS) is 20.9. The van der Waals surface area contributed by atoms with E-state index in [1.165, 1.54) is 18.2 Å². The van der Waals surface area contributed by atoms with Gasteiger partial charge in [0.2, 0.25) is 0 Å². The van der Waals surface area contributed by atoms with Gasteiger partial charge in [-0.3, -0.25) is 0 Å². The van der Waals surface area contributed by atoms with Crippen molar-refractivity contribution in [3.63, 3.8) is 0 Å². The second kappa shape index (κ2) is 1.99. The van der Waals surface area contributed by atoms with Crippen molar-refractivity contribution in [2.24, 2.45) is 0 Å². The van der Waals surface area contributed by atoms with Crippen LogP contribution >= 0.6 is 0 Å². The van der Waals surface area contributed by atoms with Crippen molar-refractivity contribution < 1.29 is 9.50 Å². The fraction of sp³-hybridized carbons (Fsp3) is 0.167. The molecular weight excluding hydrogens is 107 g/mol. The summed E-state index contributed by atoms with van der Waals surface area (Å²) in [5.41, 5.74) is 0. The molecule has 0 unspecified atom stereocenters. The van der Waals surface area contributed by atoms with E-state index in [4.69, 9.17) is 5.11 Å². The van der Waals surface area contributed by atoms with E-state index in [0.29, 0.717) is 0 Å². The van der Waals surface area contributed by atoms with Gasteiger partial charge in [-0.2, -0.15) is 0 Å². The SMILES string of the molecule is OC1=CC=C[C](F)C1. The average molecular weight is 113 g/mol. The Labute approximate surface area is 47.1 Å². The van der Waals surface area contributed by atoms with Crippen molar-refractivity contribution in [2.45, 2.75) is 6.42 Å². The molecule has 8 heavy (non-hydrogen) atoms. The molecule has 0 aromatic rings. The van der Waals surface area contributed by atoms with Crippen molar-refractivity contribution in [1.29, 1.82) is 0 Å². The third-order valence-corrected chi connectivity index (χ3v) is 0.916. The van der Waals surface area contributed by atoms with Gasteiger partial charge in [0.25, 0.3) is 0 Å². The van der Waals surface area contributed by atoms with Crippen molar-refractivity contribution >= 4 is 0 Å². The van der Waals surface area contributed by atoms with E-state index in [-0.39, 0.29) is 18.4 Å². The zero-order valence-electron chi connectivity index (χ0n) is 4.26. The van der Waals surface area contributed by atoms with Crippen LogP contribution in [0.25, 0.3) is 0 Å². The Morgan fingerprint density at radius 1 is 1.62 bits per heavy atom. The van der Waals surface area contributed by atoms with Crippen molar-refractivity contribution in [2.75, 3.05) is 0 Å². The maximum Gasteiger partial charge on any atom is 0.174 e. The molecule has 2 heteroatoms. The van der Waals surface area contributed by atoms with E-state index in [9.17, 15) is 4.39 Å². The number of hydrogen-bond acceptors (Lipinski definition) is 1. The summed E-state index contributed by atoms with van der Waals surface area (Å²) in [5, 5.41) is 8.63. The van der Waals surface area contributed by atoms with E-state index in [1.54, 1.807) is 0 Å². The molecule has 0 saturated carbocycles. The lowest BCUT2D eigenvalue weighted by Gasteiger charge is -2.02. The molecule has 0 saturated heterocycles. The Kier molecular flexibility index (Phi) is 1.33. The summed E-state index contributed by atoms with van der Waals surface area (Å²) < 4.78 is 12.1. The molecule has 0 atom stereocenters. The highest BCUT2D eigenvalue weighted by Crippen LogP contribution is 2.18. The number of aliphatic hydroxyl groups is 1. The molecule has 0 bridgehead atoms. The highest BCUT2D eigenvalue weighted by atomic mass is 19.1. The molecule has 0 heterocycles. The van der Waals surface area contributed by atoms with Crippen LogP contribution in [0, 0.1) is 6.17 Å². The molecule has 1 rings (SSSR count). The molecule has 1 radical (unpaired) electrons. The van der Waals surface area contributed by atoms with Crippen LogP contribution in [0.1, 0.15) is 6.42 Å². The zero-order valence-corrected chi connectivity index (χ0v) is 4.26. The van der Waals surface area contributed by atoms with E-state index in [1.807, 2.05) is 0 Å². The minimum absolute atomic E-state index is 0.0521. The van der Waals surface area contributed by atoms with Crippen LogP contribution in [0.4, 0.5) is 4.39 Å². The summed E-state index contributed by atoms with van der Waals surface area (Å²) >= 11 is 0. The van der Waals surface area contributed by atoms with Crippen molar-refractivity contribution in [3.05, 3.63) is 30.2 Å². The van der Waals surface area contributed by atoms with Gasteiger partial charge in [0.1, 0.15) is 0 Å². The number of aliphatic hydroxyl groups excluding tert-OH is 1. The van der Waals surface area contributed by atoms with Gasteiger partial charge in [-0.05, 0) is 12.2 Å². The van der Waals surface area contributed by atoms with Crippen LogP contribution in [0.15, 0.2) is 24.0 Å². The number of rotatable bonds is 0. The molecule has 1 aliphatic rings. The van der Waals surface area contributed by atoms with Crippen LogP contribution in [0.5, 0.6) is 0 Å². The Balaban J connectivity index is 2.59. The van der Waals surface area contributed by atoms with E-state index in [0.717, 1.165) is 0 Å². The monoisotopic (exact) mass is 113 g/mol. The molecule has 0 aromatic heterocycles. The molecule has 1 aliphatic carbocycles. The molecule has 1 nitrogen and oxygen atoms in total. The highest BCUT2D eigenvalue weighted by Gasteiger charge is 2.08. The summed E-state index contributed by atoms with van der Waals surface area (Å²) in [6.45, 7) is 0. The zero-order chi connectivity index (χ0) is 5.98. The first-order chi connectivity index (χ1) is 3.79. The van der Waals surface area contributed by atoms with Crippen LogP contribution in [-0.4, -0.2) is 5.11 Å². The van der Waals surface area contributed by atoms with Gasteiger partial charge in [0.05, 0.1) is 5.76 Å². The lowest BCUT2D eigenvalue weighted by Crippen LogP contribution is -1.91. The molecule has 0 spiro atoms. The molecule has 0 fully saturated rings. The van der Waals surface area contributed by atoms with E-state index >= 15 is 0 Å². The smallest absolute Gasteiger partial charge is 0.174 e. The third-order valence-electron chi connectivity index (χ3n) is 0.916. The molecular formula is C6H6FO. The first-order valence-corrected chi connectivity index (χ1v) is 2.36. The Hall–Kier alpha value is -0.790. The summed E-state index contributed by atoms with van der Waals surface area (Å²) in [4.78, 5) is 0. The average Bonchev–Trinajstić information content (AvgIpc) is 1.64. The third kappa shape index (κ3) is 1.09. The van der Waals surface area contributed by atoms with E-state index < -0.39 is 0 Å². The predicted octanol–water partition coefficient (Wildman–Crippen LogP) is 1.89. The number of halogens is 1. The van der Waals surface area contributed by atoms with Crippen molar-refractivity contribution in [3.8, 4) is 0 Å². The van der Waals surface area contributed by atoms with Gasteiger partial charge in [-0.15, -0.1) is 0 Å². The number of allylic oxidation sites excluding steroid dienone is 4. The second-order valence-corrected chi connectivity index (χ2v) is 1.64. The van der Waals surface area contributed by atoms with Gasteiger partial charge in [-0.25, -0.2) is 4.39 Å². The van der Waals surface area contributed by atoms with Gasteiger partial charge >= 0.3 is 0 Å². The molecule has 0 aliphatic heterocycles. The van der Waals surface area contributed by atoms with Gasteiger partial charge in [0, 0.05) is 6.42 Å². The number of hydrogen-bond donors (Lipinski definition) is 1. The van der Waals surface area contributed by atoms with Gasteiger partial charge in [-0.1, -0.05) is 6.08 Å². The van der Waals surface area contributed by atoms with Crippen LogP contribution in [0.3, 0.4) is 0 Å². The van der Waals surface area contributed by atoms with Crippen LogP contribution in [0.2, 0.25) is 0 Å². The lowest BCUT2D eigenvalue weighted by molar-refractivity contribution is 0.366. The van der Waals surface area contributed by atoms with E-state index in [2.05, 4.69) is 0 Å². The van der Waals surface area contributed by atoms with Crippen molar-refractivity contribution in [1.82, 2.24) is 0 Å².